The molecule has 1 aliphatic rings. The van der Waals surface area contributed by atoms with E-state index < -0.39 is 0 Å². The molecule has 2 atom stereocenters. The van der Waals surface area contributed by atoms with Gasteiger partial charge in [-0.1, -0.05) is 12.1 Å². The van der Waals surface area contributed by atoms with Crippen LogP contribution in [0.2, 0.25) is 0 Å². The molecular formula is C15H23NO3. The topological polar surface area (TPSA) is 53.7 Å². The van der Waals surface area contributed by atoms with Crippen LogP contribution >= 0.6 is 0 Å². The van der Waals surface area contributed by atoms with Crippen molar-refractivity contribution >= 4 is 0 Å². The summed E-state index contributed by atoms with van der Waals surface area (Å²) in [6.07, 6.45) is 4.72. The Balaban J connectivity index is 2.13. The quantitative estimate of drug-likeness (QED) is 0.888. The lowest BCUT2D eigenvalue weighted by molar-refractivity contribution is 0.0198. The fourth-order valence-corrected chi connectivity index (χ4v) is 2.61. The maximum Gasteiger partial charge on any atom is 0.166 e. The smallest absolute Gasteiger partial charge is 0.166 e. The van der Waals surface area contributed by atoms with Crippen LogP contribution < -0.4 is 15.2 Å². The van der Waals surface area contributed by atoms with Gasteiger partial charge in [0.2, 0.25) is 0 Å². The van der Waals surface area contributed by atoms with Crippen molar-refractivity contribution in [3.8, 4) is 11.5 Å². The van der Waals surface area contributed by atoms with E-state index in [4.69, 9.17) is 19.9 Å². The van der Waals surface area contributed by atoms with Crippen molar-refractivity contribution in [1.82, 2.24) is 0 Å². The van der Waals surface area contributed by atoms with Crippen molar-refractivity contribution in [2.24, 2.45) is 5.73 Å². The molecule has 1 aromatic rings. The minimum Gasteiger partial charge on any atom is -0.493 e. The molecule has 0 bridgehead atoms. The predicted octanol–water partition coefficient (Wildman–Crippen LogP) is 2.49. The minimum atomic E-state index is 0.181. The molecule has 2 N–H and O–H groups in total. The fraction of sp³-hybridized carbons (Fsp3) is 0.600. The van der Waals surface area contributed by atoms with E-state index in [0.717, 1.165) is 42.7 Å². The van der Waals surface area contributed by atoms with Gasteiger partial charge in [0.25, 0.3) is 0 Å². The lowest BCUT2D eigenvalue weighted by atomic mass is 9.95. The molecule has 0 amide bonds. The summed E-state index contributed by atoms with van der Waals surface area (Å²) in [6.45, 7) is 0.451. The Hall–Kier alpha value is -1.26. The Bertz CT molecular complexity index is 386. The number of hydrogen-bond acceptors (Lipinski definition) is 4. The average Bonchev–Trinajstić information content (AvgIpc) is 2.47. The number of ether oxygens (including phenoxy) is 3. The summed E-state index contributed by atoms with van der Waals surface area (Å²) in [5.74, 6) is 1.54. The maximum absolute atomic E-state index is 6.15. The number of para-hydroxylation sites is 1. The highest BCUT2D eigenvalue weighted by molar-refractivity contribution is 5.46. The average molecular weight is 265 g/mol. The second-order valence-corrected chi connectivity index (χ2v) is 4.92. The number of methoxy groups -OCH3 is 2. The van der Waals surface area contributed by atoms with Gasteiger partial charge in [0.05, 0.1) is 13.2 Å². The van der Waals surface area contributed by atoms with Gasteiger partial charge in [-0.3, -0.25) is 0 Å². The summed E-state index contributed by atoms with van der Waals surface area (Å²) < 4.78 is 17.0. The van der Waals surface area contributed by atoms with Gasteiger partial charge >= 0.3 is 0 Å². The fourth-order valence-electron chi connectivity index (χ4n) is 2.61. The molecule has 4 heteroatoms. The second-order valence-electron chi connectivity index (χ2n) is 4.92. The van der Waals surface area contributed by atoms with E-state index in [1.165, 1.54) is 0 Å². The number of rotatable bonds is 5. The molecule has 2 rings (SSSR count). The Morgan fingerprint density at radius 2 is 2.00 bits per heavy atom. The summed E-state index contributed by atoms with van der Waals surface area (Å²) in [4.78, 5) is 0. The first-order valence-corrected chi connectivity index (χ1v) is 6.83. The molecule has 1 saturated carbocycles. The molecule has 1 fully saturated rings. The van der Waals surface area contributed by atoms with E-state index in [9.17, 15) is 0 Å². The zero-order valence-electron chi connectivity index (χ0n) is 11.7. The highest BCUT2D eigenvalue weighted by atomic mass is 16.5. The first-order valence-electron chi connectivity index (χ1n) is 6.83. The van der Waals surface area contributed by atoms with Crippen LogP contribution in [-0.4, -0.2) is 26.4 Å². The number of nitrogens with two attached hydrogens (primary N) is 1. The highest BCUT2D eigenvalue weighted by Crippen LogP contribution is 2.34. The maximum atomic E-state index is 6.15. The van der Waals surface area contributed by atoms with Crippen LogP contribution in [0.25, 0.3) is 0 Å². The first-order chi connectivity index (χ1) is 9.28. The van der Waals surface area contributed by atoms with Gasteiger partial charge in [0.15, 0.2) is 11.5 Å². The molecule has 0 aromatic heterocycles. The van der Waals surface area contributed by atoms with Crippen molar-refractivity contribution in [1.29, 1.82) is 0 Å². The Morgan fingerprint density at radius 3 is 2.68 bits per heavy atom. The first kappa shape index (κ1) is 14.2. The molecule has 2 unspecified atom stereocenters. The van der Waals surface area contributed by atoms with Crippen molar-refractivity contribution in [3.05, 3.63) is 23.8 Å². The van der Waals surface area contributed by atoms with E-state index in [2.05, 4.69) is 0 Å². The summed E-state index contributed by atoms with van der Waals surface area (Å²) in [7, 11) is 3.42. The summed E-state index contributed by atoms with van der Waals surface area (Å²) >= 11 is 0. The van der Waals surface area contributed by atoms with Gasteiger partial charge < -0.3 is 19.9 Å². The van der Waals surface area contributed by atoms with Gasteiger partial charge in [-0.25, -0.2) is 0 Å². The van der Waals surface area contributed by atoms with Crippen LogP contribution in [0.1, 0.15) is 31.2 Å². The third-order valence-corrected chi connectivity index (χ3v) is 3.70. The van der Waals surface area contributed by atoms with Crippen LogP contribution in [0, 0.1) is 0 Å². The Labute approximate surface area is 114 Å². The summed E-state index contributed by atoms with van der Waals surface area (Å²) in [5, 5.41) is 0. The molecule has 19 heavy (non-hydrogen) atoms. The molecule has 0 radical (unpaired) electrons. The van der Waals surface area contributed by atoms with Crippen molar-refractivity contribution in [3.63, 3.8) is 0 Å². The van der Waals surface area contributed by atoms with Crippen LogP contribution in [0.4, 0.5) is 0 Å². The molecule has 0 aliphatic heterocycles. The Kier molecular flexibility index (Phi) is 5.05. The standard InChI is InChI=1S/C15H23NO3/c1-17-12-6-4-7-13(9-12)19-15-11(10-16)5-3-8-14(15)18-2/h3,5,8,12-13H,4,6-7,9-10,16H2,1-2H3. The largest absolute Gasteiger partial charge is 0.493 e. The minimum absolute atomic E-state index is 0.181. The van der Waals surface area contributed by atoms with Gasteiger partial charge in [0.1, 0.15) is 6.10 Å². The van der Waals surface area contributed by atoms with Gasteiger partial charge in [0, 0.05) is 25.6 Å². The van der Waals surface area contributed by atoms with Crippen LogP contribution in [0.3, 0.4) is 0 Å². The van der Waals surface area contributed by atoms with E-state index >= 15 is 0 Å². The molecule has 0 saturated heterocycles. The molecule has 4 nitrogen and oxygen atoms in total. The van der Waals surface area contributed by atoms with E-state index in [-0.39, 0.29) is 6.10 Å². The van der Waals surface area contributed by atoms with E-state index in [1.807, 2.05) is 18.2 Å². The SMILES string of the molecule is COc1cccc(CN)c1OC1CCCC(OC)C1. The van der Waals surface area contributed by atoms with Crippen molar-refractivity contribution < 1.29 is 14.2 Å². The zero-order valence-corrected chi connectivity index (χ0v) is 11.7. The number of benzene rings is 1. The third kappa shape index (κ3) is 3.39. The van der Waals surface area contributed by atoms with E-state index in [1.54, 1.807) is 14.2 Å². The van der Waals surface area contributed by atoms with Crippen LogP contribution in [0.5, 0.6) is 11.5 Å². The van der Waals surface area contributed by atoms with Crippen molar-refractivity contribution in [2.75, 3.05) is 14.2 Å². The van der Waals surface area contributed by atoms with Gasteiger partial charge in [-0.15, -0.1) is 0 Å². The normalized spacial score (nSPS) is 23.1. The van der Waals surface area contributed by atoms with Gasteiger partial charge in [-0.05, 0) is 25.3 Å². The molecule has 106 valence electrons. The predicted molar refractivity (Wildman–Crippen MR) is 74.6 cm³/mol. The lowest BCUT2D eigenvalue weighted by Gasteiger charge is -2.29. The molecule has 1 aromatic carbocycles. The number of hydrogen-bond donors (Lipinski definition) is 1. The second kappa shape index (κ2) is 6.78. The summed E-state index contributed by atoms with van der Waals surface area (Å²) in [5.41, 5.74) is 6.76. The third-order valence-electron chi connectivity index (χ3n) is 3.70. The molecule has 1 aliphatic carbocycles. The van der Waals surface area contributed by atoms with Crippen LogP contribution in [0.15, 0.2) is 18.2 Å². The van der Waals surface area contributed by atoms with Crippen molar-refractivity contribution in [2.45, 2.75) is 44.4 Å². The lowest BCUT2D eigenvalue weighted by Crippen LogP contribution is -2.30. The Morgan fingerprint density at radius 1 is 1.21 bits per heavy atom. The highest BCUT2D eigenvalue weighted by Gasteiger charge is 2.24. The molecule has 0 heterocycles. The van der Waals surface area contributed by atoms with E-state index in [0.29, 0.717) is 12.6 Å². The molecule has 0 spiro atoms. The van der Waals surface area contributed by atoms with Gasteiger partial charge in [-0.2, -0.15) is 0 Å². The molecular weight excluding hydrogens is 242 g/mol. The van der Waals surface area contributed by atoms with Crippen LogP contribution in [-0.2, 0) is 11.3 Å². The zero-order chi connectivity index (χ0) is 13.7. The summed E-state index contributed by atoms with van der Waals surface area (Å²) in [6, 6.07) is 5.83. The monoisotopic (exact) mass is 265 g/mol.